The van der Waals surface area contributed by atoms with Crippen LogP contribution in [-0.2, 0) is 14.3 Å². The summed E-state index contributed by atoms with van der Waals surface area (Å²) >= 11 is 0. The zero-order valence-corrected chi connectivity index (χ0v) is 10.5. The zero-order chi connectivity index (χ0) is 12.3. The molecule has 0 aromatic carbocycles. The summed E-state index contributed by atoms with van der Waals surface area (Å²) in [7, 11) is 0. The van der Waals surface area contributed by atoms with Crippen LogP contribution in [0.3, 0.4) is 0 Å². The molecule has 2 aliphatic heterocycles. The molecule has 0 unspecified atom stereocenters. The second kappa shape index (κ2) is 5.33. The number of ether oxygens (including phenoxy) is 2. The minimum Gasteiger partial charge on any atom is -0.346 e. The van der Waals surface area contributed by atoms with Crippen LogP contribution >= 0.6 is 0 Å². The van der Waals surface area contributed by atoms with Crippen molar-refractivity contribution in [3.63, 3.8) is 0 Å². The van der Waals surface area contributed by atoms with Gasteiger partial charge in [-0.05, 0) is 12.8 Å². The molecule has 0 bridgehead atoms. The Labute approximate surface area is 102 Å². The van der Waals surface area contributed by atoms with Gasteiger partial charge in [-0.1, -0.05) is 13.3 Å². The highest BCUT2D eigenvalue weighted by molar-refractivity contribution is 5.81. The van der Waals surface area contributed by atoms with Gasteiger partial charge in [-0.2, -0.15) is 0 Å². The number of nitrogens with zero attached hydrogens (tertiary/aromatic N) is 1. The topological polar surface area (TPSA) is 64.8 Å². The Morgan fingerprint density at radius 1 is 1.47 bits per heavy atom. The van der Waals surface area contributed by atoms with E-state index < -0.39 is 5.79 Å². The van der Waals surface area contributed by atoms with E-state index >= 15 is 0 Å². The third kappa shape index (κ3) is 2.78. The van der Waals surface area contributed by atoms with E-state index in [1.165, 1.54) is 0 Å². The SMILES string of the molecule is CCC[C@@H](N)C(=O)N1CCCC2(C1)OCCO2. The largest absolute Gasteiger partial charge is 0.346 e. The number of piperidine rings is 1. The van der Waals surface area contributed by atoms with Crippen LogP contribution in [0.4, 0.5) is 0 Å². The standard InChI is InChI=1S/C12H22N2O3/c1-2-4-10(13)11(15)14-6-3-5-12(9-14)16-7-8-17-12/h10H,2-9,13H2,1H3/t10-/m1/s1. The van der Waals surface area contributed by atoms with Crippen molar-refractivity contribution in [1.82, 2.24) is 4.90 Å². The average Bonchev–Trinajstić information content (AvgIpc) is 2.76. The van der Waals surface area contributed by atoms with Crippen molar-refractivity contribution in [2.45, 2.75) is 44.4 Å². The molecule has 0 radical (unpaired) electrons. The van der Waals surface area contributed by atoms with Gasteiger partial charge in [-0.25, -0.2) is 0 Å². The first-order valence-corrected chi connectivity index (χ1v) is 6.49. The van der Waals surface area contributed by atoms with E-state index in [1.54, 1.807) is 4.90 Å². The number of carbonyl (C=O) groups excluding carboxylic acids is 1. The number of hydrogen-bond donors (Lipinski definition) is 1. The lowest BCUT2D eigenvalue weighted by atomic mass is 10.0. The normalized spacial score (nSPS) is 25.2. The van der Waals surface area contributed by atoms with Crippen LogP contribution in [0.2, 0.25) is 0 Å². The van der Waals surface area contributed by atoms with Gasteiger partial charge in [0.25, 0.3) is 0 Å². The molecule has 2 saturated heterocycles. The van der Waals surface area contributed by atoms with Crippen LogP contribution in [0.15, 0.2) is 0 Å². The third-order valence-electron chi connectivity index (χ3n) is 3.46. The van der Waals surface area contributed by atoms with Gasteiger partial charge < -0.3 is 20.1 Å². The van der Waals surface area contributed by atoms with Gasteiger partial charge in [0.2, 0.25) is 5.91 Å². The fourth-order valence-electron chi connectivity index (χ4n) is 2.58. The van der Waals surface area contributed by atoms with Gasteiger partial charge in [0.1, 0.15) is 0 Å². The molecule has 1 atom stereocenters. The smallest absolute Gasteiger partial charge is 0.239 e. The molecule has 2 fully saturated rings. The lowest BCUT2D eigenvalue weighted by molar-refractivity contribution is -0.193. The van der Waals surface area contributed by atoms with E-state index in [0.29, 0.717) is 19.8 Å². The summed E-state index contributed by atoms with van der Waals surface area (Å²) in [6.45, 7) is 4.59. The summed E-state index contributed by atoms with van der Waals surface area (Å²) in [5, 5.41) is 0. The first kappa shape index (κ1) is 12.8. The van der Waals surface area contributed by atoms with Crippen molar-refractivity contribution in [2.75, 3.05) is 26.3 Å². The van der Waals surface area contributed by atoms with Crippen molar-refractivity contribution in [2.24, 2.45) is 5.73 Å². The lowest BCUT2D eigenvalue weighted by Gasteiger charge is -2.39. The maximum absolute atomic E-state index is 12.1. The highest BCUT2D eigenvalue weighted by Crippen LogP contribution is 2.30. The molecule has 17 heavy (non-hydrogen) atoms. The summed E-state index contributed by atoms with van der Waals surface area (Å²) in [6.07, 6.45) is 3.47. The zero-order valence-electron chi connectivity index (χ0n) is 10.5. The number of nitrogens with two attached hydrogens (primary N) is 1. The van der Waals surface area contributed by atoms with Crippen molar-refractivity contribution < 1.29 is 14.3 Å². The average molecular weight is 242 g/mol. The van der Waals surface area contributed by atoms with Gasteiger partial charge in [0, 0.05) is 13.0 Å². The van der Waals surface area contributed by atoms with Crippen LogP contribution in [-0.4, -0.2) is 48.9 Å². The summed E-state index contributed by atoms with van der Waals surface area (Å²) in [5.74, 6) is -0.509. The molecule has 0 aromatic rings. The number of carbonyl (C=O) groups is 1. The molecule has 1 amide bonds. The fraction of sp³-hybridized carbons (Fsp3) is 0.917. The second-order valence-electron chi connectivity index (χ2n) is 4.87. The monoisotopic (exact) mass is 242 g/mol. The first-order chi connectivity index (χ1) is 8.17. The van der Waals surface area contributed by atoms with Gasteiger partial charge in [0.15, 0.2) is 5.79 Å². The van der Waals surface area contributed by atoms with Gasteiger partial charge in [-0.15, -0.1) is 0 Å². The van der Waals surface area contributed by atoms with Crippen LogP contribution < -0.4 is 5.73 Å². The van der Waals surface area contributed by atoms with E-state index in [0.717, 1.165) is 32.2 Å². The molecular formula is C12H22N2O3. The van der Waals surface area contributed by atoms with E-state index in [4.69, 9.17) is 15.2 Å². The van der Waals surface area contributed by atoms with Crippen LogP contribution in [0.1, 0.15) is 32.6 Å². The molecule has 2 N–H and O–H groups in total. The van der Waals surface area contributed by atoms with Crippen molar-refractivity contribution >= 4 is 5.91 Å². The van der Waals surface area contributed by atoms with E-state index in [9.17, 15) is 4.79 Å². The Bertz CT molecular complexity index is 277. The number of hydrogen-bond acceptors (Lipinski definition) is 4. The molecular weight excluding hydrogens is 220 g/mol. The van der Waals surface area contributed by atoms with E-state index in [1.807, 2.05) is 6.92 Å². The Morgan fingerprint density at radius 3 is 2.82 bits per heavy atom. The lowest BCUT2D eigenvalue weighted by Crippen LogP contribution is -2.54. The molecule has 2 rings (SSSR count). The number of likely N-dealkylation sites (tertiary alicyclic amines) is 1. The van der Waals surface area contributed by atoms with Crippen LogP contribution in [0, 0.1) is 0 Å². The van der Waals surface area contributed by atoms with Crippen molar-refractivity contribution in [3.05, 3.63) is 0 Å². The molecule has 98 valence electrons. The van der Waals surface area contributed by atoms with Crippen molar-refractivity contribution in [3.8, 4) is 0 Å². The molecule has 5 nitrogen and oxygen atoms in total. The Kier molecular flexibility index (Phi) is 4.01. The maximum atomic E-state index is 12.1. The summed E-state index contributed by atoms with van der Waals surface area (Å²) in [5.41, 5.74) is 5.87. The molecule has 1 spiro atoms. The number of rotatable bonds is 3. The Balaban J connectivity index is 1.94. The predicted octanol–water partition coefficient (Wildman–Crippen LogP) is 0.479. The van der Waals surface area contributed by atoms with Gasteiger partial charge >= 0.3 is 0 Å². The third-order valence-corrected chi connectivity index (χ3v) is 3.46. The molecule has 0 aromatic heterocycles. The van der Waals surface area contributed by atoms with Crippen LogP contribution in [0.25, 0.3) is 0 Å². The maximum Gasteiger partial charge on any atom is 0.239 e. The molecule has 0 saturated carbocycles. The highest BCUT2D eigenvalue weighted by atomic mass is 16.7. The first-order valence-electron chi connectivity index (χ1n) is 6.49. The predicted molar refractivity (Wildman–Crippen MR) is 63.3 cm³/mol. The highest BCUT2D eigenvalue weighted by Gasteiger charge is 2.42. The quantitative estimate of drug-likeness (QED) is 0.781. The van der Waals surface area contributed by atoms with E-state index in [-0.39, 0.29) is 11.9 Å². The second-order valence-corrected chi connectivity index (χ2v) is 4.87. The number of amides is 1. The fourth-order valence-corrected chi connectivity index (χ4v) is 2.58. The van der Waals surface area contributed by atoms with Gasteiger partial charge in [-0.3, -0.25) is 4.79 Å². The molecule has 2 aliphatic rings. The summed E-state index contributed by atoms with van der Waals surface area (Å²) < 4.78 is 11.3. The Morgan fingerprint density at radius 2 is 2.18 bits per heavy atom. The summed E-state index contributed by atoms with van der Waals surface area (Å²) in [4.78, 5) is 13.9. The van der Waals surface area contributed by atoms with Gasteiger partial charge in [0.05, 0.1) is 25.8 Å². The van der Waals surface area contributed by atoms with E-state index in [2.05, 4.69) is 0 Å². The molecule has 2 heterocycles. The molecule has 0 aliphatic carbocycles. The molecule has 5 heteroatoms. The van der Waals surface area contributed by atoms with Crippen molar-refractivity contribution in [1.29, 1.82) is 0 Å². The Hall–Kier alpha value is -0.650. The van der Waals surface area contributed by atoms with Crippen LogP contribution in [0.5, 0.6) is 0 Å². The summed E-state index contributed by atoms with van der Waals surface area (Å²) in [6, 6.07) is -0.378. The minimum atomic E-state index is -0.542. The minimum absolute atomic E-state index is 0.0324.